The van der Waals surface area contributed by atoms with Crippen molar-refractivity contribution in [2.75, 3.05) is 6.26 Å². The zero-order chi connectivity index (χ0) is 8.39. The lowest BCUT2D eigenvalue weighted by Crippen LogP contribution is -1.64. The highest BCUT2D eigenvalue weighted by Gasteiger charge is 2.03. The molecule has 12 heavy (non-hydrogen) atoms. The van der Waals surface area contributed by atoms with Crippen molar-refractivity contribution >= 4 is 32.7 Å². The molecule has 0 fully saturated rings. The highest BCUT2D eigenvalue weighted by atomic mass is 33.1. The number of para-hydroxylation sites is 2. The van der Waals surface area contributed by atoms with Gasteiger partial charge in [-0.15, -0.1) is 0 Å². The topological polar surface area (TPSA) is 26.0 Å². The molecule has 0 aliphatic rings. The van der Waals surface area contributed by atoms with Crippen molar-refractivity contribution in [3.63, 3.8) is 0 Å². The summed E-state index contributed by atoms with van der Waals surface area (Å²) in [5, 5.41) is 0.726. The van der Waals surface area contributed by atoms with E-state index in [1.54, 1.807) is 10.8 Å². The molecule has 0 amide bonds. The largest absolute Gasteiger partial charge is 0.431 e. The molecule has 2 nitrogen and oxygen atoms in total. The van der Waals surface area contributed by atoms with E-state index >= 15 is 0 Å². The number of hydrogen-bond acceptors (Lipinski definition) is 4. The predicted octanol–water partition coefficient (Wildman–Crippen LogP) is 3.20. The zero-order valence-electron chi connectivity index (χ0n) is 6.48. The van der Waals surface area contributed by atoms with E-state index in [4.69, 9.17) is 4.42 Å². The molecule has 0 atom stereocenters. The van der Waals surface area contributed by atoms with Crippen LogP contribution in [0, 0.1) is 0 Å². The number of fused-ring (bicyclic) bond motifs is 1. The van der Waals surface area contributed by atoms with Crippen molar-refractivity contribution in [3.05, 3.63) is 24.3 Å². The third-order valence-electron chi connectivity index (χ3n) is 1.43. The molecule has 0 saturated carbocycles. The Balaban J connectivity index is 2.47. The van der Waals surface area contributed by atoms with Crippen LogP contribution in [0.25, 0.3) is 11.1 Å². The fraction of sp³-hybridized carbons (Fsp3) is 0.125. The van der Waals surface area contributed by atoms with Gasteiger partial charge in [0, 0.05) is 10.8 Å². The number of nitrogens with zero attached hydrogens (tertiary/aromatic N) is 1. The standard InChI is InChI=1S/C8H7NOS2/c1-11-12-8-9-6-4-2-3-5-7(6)10-8/h2-5H,1H3. The molecule has 2 rings (SSSR count). The van der Waals surface area contributed by atoms with Gasteiger partial charge in [0.05, 0.1) is 0 Å². The summed E-state index contributed by atoms with van der Waals surface area (Å²) in [5.74, 6) is 0. The molecule has 62 valence electrons. The number of hydrogen-bond donors (Lipinski definition) is 0. The minimum atomic E-state index is 0.726. The van der Waals surface area contributed by atoms with Gasteiger partial charge in [0.15, 0.2) is 5.58 Å². The molecular formula is C8H7NOS2. The fourth-order valence-corrected chi connectivity index (χ4v) is 2.00. The molecule has 1 aromatic heterocycles. The van der Waals surface area contributed by atoms with Gasteiger partial charge >= 0.3 is 0 Å². The molecule has 0 saturated heterocycles. The van der Waals surface area contributed by atoms with E-state index in [0.29, 0.717) is 0 Å². The molecule has 0 radical (unpaired) electrons. The van der Waals surface area contributed by atoms with E-state index in [1.165, 1.54) is 10.8 Å². The lowest BCUT2D eigenvalue weighted by Gasteiger charge is -1.83. The van der Waals surface area contributed by atoms with E-state index in [2.05, 4.69) is 4.98 Å². The summed E-state index contributed by atoms with van der Waals surface area (Å²) in [4.78, 5) is 4.28. The van der Waals surface area contributed by atoms with Crippen LogP contribution in [0.4, 0.5) is 0 Å². The first kappa shape index (κ1) is 8.01. The Morgan fingerprint density at radius 1 is 1.33 bits per heavy atom. The van der Waals surface area contributed by atoms with Crippen molar-refractivity contribution in [1.82, 2.24) is 4.98 Å². The quantitative estimate of drug-likeness (QED) is 0.690. The van der Waals surface area contributed by atoms with Gasteiger partial charge in [-0.3, -0.25) is 0 Å². The second-order valence-corrected chi connectivity index (χ2v) is 4.55. The second kappa shape index (κ2) is 3.41. The Morgan fingerprint density at radius 2 is 2.17 bits per heavy atom. The Bertz CT molecular complexity index is 352. The summed E-state index contributed by atoms with van der Waals surface area (Å²) in [5.41, 5.74) is 1.78. The van der Waals surface area contributed by atoms with Crippen LogP contribution in [0.15, 0.2) is 33.9 Å². The number of rotatable bonds is 2. The van der Waals surface area contributed by atoms with Crippen LogP contribution < -0.4 is 0 Å². The van der Waals surface area contributed by atoms with Crippen LogP contribution in [0.3, 0.4) is 0 Å². The highest BCUT2D eigenvalue weighted by Crippen LogP contribution is 2.30. The average Bonchev–Trinajstić information content (AvgIpc) is 2.47. The van der Waals surface area contributed by atoms with Gasteiger partial charge < -0.3 is 4.42 Å². The maximum absolute atomic E-state index is 5.44. The van der Waals surface area contributed by atoms with Crippen LogP contribution >= 0.6 is 21.6 Å². The average molecular weight is 197 g/mol. The predicted molar refractivity (Wildman–Crippen MR) is 53.4 cm³/mol. The minimum absolute atomic E-state index is 0.726. The lowest BCUT2D eigenvalue weighted by atomic mass is 10.3. The minimum Gasteiger partial charge on any atom is -0.431 e. The first-order valence-electron chi connectivity index (χ1n) is 3.46. The molecule has 0 spiro atoms. The van der Waals surface area contributed by atoms with Gasteiger partial charge in [0.25, 0.3) is 5.22 Å². The van der Waals surface area contributed by atoms with Gasteiger partial charge in [0.1, 0.15) is 5.52 Å². The maximum atomic E-state index is 5.44. The normalized spacial score (nSPS) is 10.8. The summed E-state index contributed by atoms with van der Waals surface area (Å²) in [6.45, 7) is 0. The van der Waals surface area contributed by atoms with Crippen molar-refractivity contribution in [2.24, 2.45) is 0 Å². The van der Waals surface area contributed by atoms with Crippen LogP contribution in [0.2, 0.25) is 0 Å². The third-order valence-corrected chi connectivity index (χ3v) is 2.84. The first-order valence-corrected chi connectivity index (χ1v) is 6.02. The summed E-state index contributed by atoms with van der Waals surface area (Å²) in [6, 6.07) is 7.77. The number of oxazole rings is 1. The second-order valence-electron chi connectivity index (χ2n) is 2.20. The van der Waals surface area contributed by atoms with E-state index in [-0.39, 0.29) is 0 Å². The maximum Gasteiger partial charge on any atom is 0.267 e. The monoisotopic (exact) mass is 197 g/mol. The molecule has 1 heterocycles. The Hall–Kier alpha value is -0.610. The molecular weight excluding hydrogens is 190 g/mol. The first-order chi connectivity index (χ1) is 5.90. The van der Waals surface area contributed by atoms with E-state index in [9.17, 15) is 0 Å². The molecule has 0 bridgehead atoms. The Kier molecular flexibility index (Phi) is 2.28. The van der Waals surface area contributed by atoms with Crippen LogP contribution in [-0.4, -0.2) is 11.2 Å². The molecule has 1 aromatic carbocycles. The van der Waals surface area contributed by atoms with Gasteiger partial charge in [-0.1, -0.05) is 22.9 Å². The van der Waals surface area contributed by atoms with Gasteiger partial charge in [-0.25, -0.2) is 4.98 Å². The number of aromatic nitrogens is 1. The SMILES string of the molecule is CSSc1nc2ccccc2o1. The zero-order valence-corrected chi connectivity index (χ0v) is 8.11. The van der Waals surface area contributed by atoms with Gasteiger partial charge in [0.2, 0.25) is 0 Å². The van der Waals surface area contributed by atoms with Crippen molar-refractivity contribution in [1.29, 1.82) is 0 Å². The summed E-state index contributed by atoms with van der Waals surface area (Å²) in [6.07, 6.45) is 2.00. The number of benzene rings is 1. The summed E-state index contributed by atoms with van der Waals surface area (Å²) in [7, 11) is 3.17. The van der Waals surface area contributed by atoms with Crippen molar-refractivity contribution in [3.8, 4) is 0 Å². The Morgan fingerprint density at radius 3 is 2.92 bits per heavy atom. The van der Waals surface area contributed by atoms with Crippen LogP contribution in [-0.2, 0) is 0 Å². The molecule has 2 aromatic rings. The lowest BCUT2D eigenvalue weighted by molar-refractivity contribution is 0.491. The highest BCUT2D eigenvalue weighted by molar-refractivity contribution is 8.76. The molecule has 0 unspecified atom stereocenters. The smallest absolute Gasteiger partial charge is 0.267 e. The van der Waals surface area contributed by atoms with E-state index in [1.807, 2.05) is 30.5 Å². The molecule has 0 aliphatic heterocycles. The van der Waals surface area contributed by atoms with Gasteiger partial charge in [-0.05, 0) is 18.4 Å². The molecule has 0 N–H and O–H groups in total. The third kappa shape index (κ3) is 1.44. The van der Waals surface area contributed by atoms with Crippen LogP contribution in [0.5, 0.6) is 0 Å². The van der Waals surface area contributed by atoms with Crippen LogP contribution in [0.1, 0.15) is 0 Å². The summed E-state index contributed by atoms with van der Waals surface area (Å²) < 4.78 is 5.44. The fourth-order valence-electron chi connectivity index (χ4n) is 0.958. The van der Waals surface area contributed by atoms with Gasteiger partial charge in [-0.2, -0.15) is 0 Å². The van der Waals surface area contributed by atoms with E-state index in [0.717, 1.165) is 16.3 Å². The van der Waals surface area contributed by atoms with E-state index < -0.39 is 0 Å². The van der Waals surface area contributed by atoms with Crippen molar-refractivity contribution in [2.45, 2.75) is 5.22 Å². The molecule has 0 aliphatic carbocycles. The Labute approximate surface area is 78.1 Å². The molecule has 4 heteroatoms. The van der Waals surface area contributed by atoms with Crippen molar-refractivity contribution < 1.29 is 4.42 Å². The summed E-state index contributed by atoms with van der Waals surface area (Å²) >= 11 is 0.